The topological polar surface area (TPSA) is 35.2 Å². The van der Waals surface area contributed by atoms with Gasteiger partial charge in [0.1, 0.15) is 0 Å². The first-order chi connectivity index (χ1) is 4.72. The van der Waals surface area contributed by atoms with Crippen molar-refractivity contribution < 1.29 is 4.74 Å². The van der Waals surface area contributed by atoms with Crippen molar-refractivity contribution in [2.75, 3.05) is 13.2 Å². The molecule has 0 amide bonds. The first kappa shape index (κ1) is 13.5. The monoisotopic (exact) mass is 161 g/mol. The SMILES string of the molecule is C.CCC(C)C(C)OCCN. The Kier molecular flexibility index (Phi) is 9.85. The minimum atomic E-state index is 0. The second-order valence-electron chi connectivity index (χ2n) is 2.75. The highest BCUT2D eigenvalue weighted by molar-refractivity contribution is 4.58. The van der Waals surface area contributed by atoms with Gasteiger partial charge in [-0.15, -0.1) is 0 Å². The molecule has 2 nitrogen and oxygen atoms in total. The molecule has 2 heteroatoms. The quantitative estimate of drug-likeness (QED) is 0.669. The highest BCUT2D eigenvalue weighted by atomic mass is 16.5. The number of ether oxygens (including phenoxy) is 1. The van der Waals surface area contributed by atoms with E-state index in [0.29, 0.717) is 25.2 Å². The van der Waals surface area contributed by atoms with Gasteiger partial charge in [0.05, 0.1) is 12.7 Å². The third-order valence-corrected chi connectivity index (χ3v) is 1.94. The fraction of sp³-hybridized carbons (Fsp3) is 1.00. The van der Waals surface area contributed by atoms with Gasteiger partial charge in [0.2, 0.25) is 0 Å². The Morgan fingerprint density at radius 1 is 1.36 bits per heavy atom. The zero-order chi connectivity index (χ0) is 7.98. The van der Waals surface area contributed by atoms with Gasteiger partial charge in [0.25, 0.3) is 0 Å². The maximum atomic E-state index is 5.42. The van der Waals surface area contributed by atoms with Crippen LogP contribution in [0.15, 0.2) is 0 Å². The third-order valence-electron chi connectivity index (χ3n) is 1.94. The van der Waals surface area contributed by atoms with Crippen molar-refractivity contribution in [3.05, 3.63) is 0 Å². The van der Waals surface area contributed by atoms with Crippen LogP contribution in [-0.4, -0.2) is 19.3 Å². The summed E-state index contributed by atoms with van der Waals surface area (Å²) in [5, 5.41) is 0. The molecule has 0 saturated heterocycles. The van der Waals surface area contributed by atoms with Gasteiger partial charge in [-0.1, -0.05) is 27.7 Å². The zero-order valence-corrected chi connectivity index (χ0v) is 7.26. The first-order valence-corrected chi connectivity index (χ1v) is 4.04. The van der Waals surface area contributed by atoms with Crippen LogP contribution in [0.1, 0.15) is 34.6 Å². The lowest BCUT2D eigenvalue weighted by molar-refractivity contribution is 0.0341. The summed E-state index contributed by atoms with van der Waals surface area (Å²) in [6, 6.07) is 0. The molecular formula is C9H23NO. The largest absolute Gasteiger partial charge is 0.377 e. The van der Waals surface area contributed by atoms with Gasteiger partial charge in [-0.05, 0) is 12.8 Å². The maximum absolute atomic E-state index is 5.42. The summed E-state index contributed by atoms with van der Waals surface area (Å²) in [4.78, 5) is 0. The van der Waals surface area contributed by atoms with Gasteiger partial charge in [-0.3, -0.25) is 0 Å². The van der Waals surface area contributed by atoms with E-state index < -0.39 is 0 Å². The molecule has 70 valence electrons. The molecule has 0 aromatic heterocycles. The minimum Gasteiger partial charge on any atom is -0.377 e. The summed E-state index contributed by atoms with van der Waals surface area (Å²) in [5.41, 5.74) is 5.29. The van der Waals surface area contributed by atoms with Crippen molar-refractivity contribution in [3.8, 4) is 0 Å². The Morgan fingerprint density at radius 3 is 2.27 bits per heavy atom. The van der Waals surface area contributed by atoms with Crippen LogP contribution in [0, 0.1) is 5.92 Å². The molecule has 0 fully saturated rings. The summed E-state index contributed by atoms with van der Waals surface area (Å²) in [6.07, 6.45) is 1.53. The van der Waals surface area contributed by atoms with Crippen LogP contribution in [0.4, 0.5) is 0 Å². The average molecular weight is 161 g/mol. The lowest BCUT2D eigenvalue weighted by Crippen LogP contribution is -2.21. The highest BCUT2D eigenvalue weighted by Crippen LogP contribution is 2.09. The number of hydrogen-bond acceptors (Lipinski definition) is 2. The van der Waals surface area contributed by atoms with Crippen molar-refractivity contribution in [1.29, 1.82) is 0 Å². The summed E-state index contributed by atoms with van der Waals surface area (Å²) in [5.74, 6) is 0.645. The first-order valence-electron chi connectivity index (χ1n) is 4.04. The molecule has 11 heavy (non-hydrogen) atoms. The normalized spacial score (nSPS) is 15.3. The lowest BCUT2D eigenvalue weighted by Gasteiger charge is -2.18. The molecular weight excluding hydrogens is 138 g/mol. The number of hydrogen-bond donors (Lipinski definition) is 1. The van der Waals surface area contributed by atoms with Crippen LogP contribution >= 0.6 is 0 Å². The van der Waals surface area contributed by atoms with Gasteiger partial charge in [-0.25, -0.2) is 0 Å². The molecule has 0 aromatic rings. The number of rotatable bonds is 5. The minimum absolute atomic E-state index is 0. The van der Waals surface area contributed by atoms with Crippen molar-refractivity contribution in [2.24, 2.45) is 11.7 Å². The van der Waals surface area contributed by atoms with Gasteiger partial charge < -0.3 is 10.5 Å². The van der Waals surface area contributed by atoms with Crippen LogP contribution < -0.4 is 5.73 Å². The molecule has 0 rings (SSSR count). The van der Waals surface area contributed by atoms with Gasteiger partial charge in [0, 0.05) is 6.54 Å². The molecule has 2 atom stereocenters. The molecule has 0 radical (unpaired) electrons. The molecule has 2 N–H and O–H groups in total. The molecule has 0 heterocycles. The van der Waals surface area contributed by atoms with E-state index in [-0.39, 0.29) is 7.43 Å². The zero-order valence-electron chi connectivity index (χ0n) is 7.26. The molecule has 0 aliphatic heterocycles. The molecule has 0 aliphatic rings. The predicted molar refractivity (Wildman–Crippen MR) is 50.7 cm³/mol. The lowest BCUT2D eigenvalue weighted by atomic mass is 10.0. The van der Waals surface area contributed by atoms with E-state index in [9.17, 15) is 0 Å². The van der Waals surface area contributed by atoms with Crippen molar-refractivity contribution in [2.45, 2.75) is 40.7 Å². The number of nitrogens with two attached hydrogens (primary N) is 1. The van der Waals surface area contributed by atoms with Crippen LogP contribution in [0.25, 0.3) is 0 Å². The summed E-state index contributed by atoms with van der Waals surface area (Å²) >= 11 is 0. The van der Waals surface area contributed by atoms with E-state index in [4.69, 9.17) is 10.5 Å². The van der Waals surface area contributed by atoms with Gasteiger partial charge >= 0.3 is 0 Å². The van der Waals surface area contributed by atoms with Crippen LogP contribution in [0.5, 0.6) is 0 Å². The Labute approximate surface area is 71.1 Å². The average Bonchev–Trinajstić information content (AvgIpc) is 1.98. The fourth-order valence-electron chi connectivity index (χ4n) is 0.750. The van der Waals surface area contributed by atoms with E-state index in [1.807, 2.05) is 0 Å². The standard InChI is InChI=1S/C8H19NO.CH4/c1-4-7(2)8(3)10-6-5-9;/h7-8H,4-6,9H2,1-3H3;1H4. The van der Waals surface area contributed by atoms with Gasteiger partial charge in [-0.2, -0.15) is 0 Å². The van der Waals surface area contributed by atoms with E-state index in [2.05, 4.69) is 20.8 Å². The van der Waals surface area contributed by atoms with Crippen LogP contribution in [0.3, 0.4) is 0 Å². The third kappa shape index (κ3) is 6.32. The van der Waals surface area contributed by atoms with Crippen LogP contribution in [0.2, 0.25) is 0 Å². The molecule has 0 spiro atoms. The second-order valence-corrected chi connectivity index (χ2v) is 2.75. The van der Waals surface area contributed by atoms with E-state index in [0.717, 1.165) is 0 Å². The van der Waals surface area contributed by atoms with E-state index in [1.165, 1.54) is 6.42 Å². The highest BCUT2D eigenvalue weighted by Gasteiger charge is 2.08. The Balaban J connectivity index is 0. The predicted octanol–water partition coefficient (Wildman–Crippen LogP) is 2.03. The molecule has 0 aliphatic carbocycles. The smallest absolute Gasteiger partial charge is 0.0592 e. The molecule has 0 bridgehead atoms. The fourth-order valence-corrected chi connectivity index (χ4v) is 0.750. The molecule has 0 saturated carbocycles. The van der Waals surface area contributed by atoms with Gasteiger partial charge in [0.15, 0.2) is 0 Å². The van der Waals surface area contributed by atoms with E-state index >= 15 is 0 Å². The Bertz CT molecular complexity index is 76.0. The summed E-state index contributed by atoms with van der Waals surface area (Å²) in [6.45, 7) is 7.78. The van der Waals surface area contributed by atoms with Crippen LogP contribution in [-0.2, 0) is 4.74 Å². The van der Waals surface area contributed by atoms with Crippen molar-refractivity contribution >= 4 is 0 Å². The summed E-state index contributed by atoms with van der Waals surface area (Å²) in [7, 11) is 0. The van der Waals surface area contributed by atoms with Crippen molar-refractivity contribution in [3.63, 3.8) is 0 Å². The maximum Gasteiger partial charge on any atom is 0.0592 e. The second kappa shape index (κ2) is 8.02. The summed E-state index contributed by atoms with van der Waals surface area (Å²) < 4.78 is 5.42. The Morgan fingerprint density at radius 2 is 1.91 bits per heavy atom. The molecule has 2 unspecified atom stereocenters. The Hall–Kier alpha value is -0.0800. The van der Waals surface area contributed by atoms with E-state index in [1.54, 1.807) is 0 Å². The van der Waals surface area contributed by atoms with Crippen molar-refractivity contribution in [1.82, 2.24) is 0 Å². The molecule has 0 aromatic carbocycles.